The van der Waals surface area contributed by atoms with E-state index in [0.717, 1.165) is 16.7 Å². The Labute approximate surface area is 89.7 Å². The summed E-state index contributed by atoms with van der Waals surface area (Å²) in [5.74, 6) is -0.295. The number of hydrogen-bond donors (Lipinski definition) is 1. The second-order valence-electron chi connectivity index (χ2n) is 3.80. The third kappa shape index (κ3) is 2.72. The molecule has 0 aromatic heterocycles. The molecule has 0 radical (unpaired) electrons. The molecule has 0 bridgehead atoms. The Hall–Kier alpha value is -1.51. The zero-order valence-corrected chi connectivity index (χ0v) is 9.50. The van der Waals surface area contributed by atoms with Gasteiger partial charge in [-0.3, -0.25) is 0 Å². The largest absolute Gasteiger partial charge is 0.479 e. The Morgan fingerprint density at radius 3 is 2.47 bits per heavy atom. The summed E-state index contributed by atoms with van der Waals surface area (Å²) >= 11 is 0. The fourth-order valence-electron chi connectivity index (χ4n) is 1.36. The summed E-state index contributed by atoms with van der Waals surface area (Å²) in [4.78, 5) is 10.7. The summed E-state index contributed by atoms with van der Waals surface area (Å²) < 4.78 is 5.37. The van der Waals surface area contributed by atoms with E-state index in [1.165, 1.54) is 6.92 Å². The Morgan fingerprint density at radius 2 is 1.93 bits per heavy atom. The molecule has 0 saturated carbocycles. The summed E-state index contributed by atoms with van der Waals surface area (Å²) in [7, 11) is 0. The molecule has 0 fully saturated rings. The van der Waals surface area contributed by atoms with Crippen LogP contribution < -0.4 is 4.74 Å². The van der Waals surface area contributed by atoms with E-state index >= 15 is 0 Å². The van der Waals surface area contributed by atoms with Crippen LogP contribution in [0.2, 0.25) is 0 Å². The lowest BCUT2D eigenvalue weighted by Crippen LogP contribution is -2.23. The number of rotatable bonds is 3. The first-order valence-electron chi connectivity index (χ1n) is 4.89. The number of carbonyl (C=O) groups is 1. The van der Waals surface area contributed by atoms with Gasteiger partial charge in [0.15, 0.2) is 6.10 Å². The lowest BCUT2D eigenvalue weighted by molar-refractivity contribution is -0.144. The highest BCUT2D eigenvalue weighted by Crippen LogP contribution is 2.24. The zero-order chi connectivity index (χ0) is 11.6. The normalized spacial score (nSPS) is 12.3. The predicted molar refractivity (Wildman–Crippen MR) is 58.4 cm³/mol. The van der Waals surface area contributed by atoms with E-state index in [4.69, 9.17) is 9.84 Å². The van der Waals surface area contributed by atoms with Crippen LogP contribution in [0.4, 0.5) is 0 Å². The van der Waals surface area contributed by atoms with Crippen LogP contribution in [0.15, 0.2) is 12.1 Å². The molecule has 1 N–H and O–H groups in total. The molecule has 0 amide bonds. The number of benzene rings is 1. The van der Waals surface area contributed by atoms with E-state index in [1.807, 2.05) is 32.9 Å². The van der Waals surface area contributed by atoms with Crippen molar-refractivity contribution in [3.8, 4) is 5.75 Å². The molecule has 3 heteroatoms. The van der Waals surface area contributed by atoms with E-state index in [-0.39, 0.29) is 0 Å². The average Bonchev–Trinajstić information content (AvgIpc) is 2.13. The van der Waals surface area contributed by atoms with Crippen LogP contribution in [0.25, 0.3) is 0 Å². The highest BCUT2D eigenvalue weighted by molar-refractivity contribution is 5.72. The van der Waals surface area contributed by atoms with Crippen molar-refractivity contribution in [3.63, 3.8) is 0 Å². The molecule has 1 rings (SSSR count). The van der Waals surface area contributed by atoms with Gasteiger partial charge in [0.2, 0.25) is 0 Å². The fourth-order valence-corrected chi connectivity index (χ4v) is 1.36. The summed E-state index contributed by atoms with van der Waals surface area (Å²) in [6.07, 6.45) is -0.815. The molecular formula is C12H16O3. The average molecular weight is 208 g/mol. The highest BCUT2D eigenvalue weighted by Gasteiger charge is 2.14. The van der Waals surface area contributed by atoms with Gasteiger partial charge in [-0.1, -0.05) is 6.07 Å². The SMILES string of the molecule is Cc1cc(C)c(C)c(O[C@@H](C)C(=O)O)c1. The van der Waals surface area contributed by atoms with E-state index in [0.29, 0.717) is 5.75 Å². The molecular weight excluding hydrogens is 192 g/mol. The first kappa shape index (κ1) is 11.6. The van der Waals surface area contributed by atoms with Crippen LogP contribution in [0.3, 0.4) is 0 Å². The number of ether oxygens (including phenoxy) is 1. The van der Waals surface area contributed by atoms with Crippen molar-refractivity contribution in [1.82, 2.24) is 0 Å². The third-order valence-corrected chi connectivity index (χ3v) is 2.42. The Bertz CT molecular complexity index is 383. The van der Waals surface area contributed by atoms with Crippen molar-refractivity contribution in [2.45, 2.75) is 33.8 Å². The van der Waals surface area contributed by atoms with Gasteiger partial charge in [-0.2, -0.15) is 0 Å². The molecule has 1 aromatic rings. The van der Waals surface area contributed by atoms with Gasteiger partial charge in [-0.25, -0.2) is 4.79 Å². The molecule has 0 aliphatic carbocycles. The number of aliphatic carboxylic acids is 1. The van der Waals surface area contributed by atoms with Gasteiger partial charge in [-0.05, 0) is 50.5 Å². The van der Waals surface area contributed by atoms with Crippen LogP contribution in [-0.2, 0) is 4.79 Å². The topological polar surface area (TPSA) is 46.5 Å². The second-order valence-corrected chi connectivity index (χ2v) is 3.80. The first-order chi connectivity index (χ1) is 6.91. The van der Waals surface area contributed by atoms with Gasteiger partial charge < -0.3 is 9.84 Å². The van der Waals surface area contributed by atoms with Crippen LogP contribution in [0, 0.1) is 20.8 Å². The highest BCUT2D eigenvalue weighted by atomic mass is 16.5. The van der Waals surface area contributed by atoms with Gasteiger partial charge >= 0.3 is 5.97 Å². The molecule has 0 aliphatic heterocycles. The number of hydrogen-bond acceptors (Lipinski definition) is 2. The van der Waals surface area contributed by atoms with Crippen LogP contribution in [0.1, 0.15) is 23.6 Å². The molecule has 0 aliphatic rings. The number of carboxylic acids is 1. The molecule has 0 saturated heterocycles. The van der Waals surface area contributed by atoms with Crippen LogP contribution in [-0.4, -0.2) is 17.2 Å². The minimum absolute atomic E-state index is 0.655. The monoisotopic (exact) mass is 208 g/mol. The predicted octanol–water partition coefficient (Wildman–Crippen LogP) is 2.46. The molecule has 0 heterocycles. The maximum Gasteiger partial charge on any atom is 0.344 e. The fraction of sp³-hybridized carbons (Fsp3) is 0.417. The van der Waals surface area contributed by atoms with Crippen molar-refractivity contribution >= 4 is 5.97 Å². The molecule has 0 unspecified atom stereocenters. The Balaban J connectivity index is 2.99. The molecule has 1 atom stereocenters. The van der Waals surface area contributed by atoms with Gasteiger partial charge in [0.25, 0.3) is 0 Å². The minimum Gasteiger partial charge on any atom is -0.479 e. The van der Waals surface area contributed by atoms with Crippen molar-refractivity contribution in [2.24, 2.45) is 0 Å². The van der Waals surface area contributed by atoms with Gasteiger partial charge in [0, 0.05) is 0 Å². The summed E-state index contributed by atoms with van der Waals surface area (Å²) in [6, 6.07) is 3.91. The quantitative estimate of drug-likeness (QED) is 0.830. The molecule has 1 aromatic carbocycles. The lowest BCUT2D eigenvalue weighted by atomic mass is 10.1. The third-order valence-electron chi connectivity index (χ3n) is 2.42. The number of aryl methyl sites for hydroxylation is 2. The lowest BCUT2D eigenvalue weighted by Gasteiger charge is -2.15. The van der Waals surface area contributed by atoms with E-state index < -0.39 is 12.1 Å². The molecule has 3 nitrogen and oxygen atoms in total. The molecule has 15 heavy (non-hydrogen) atoms. The van der Waals surface area contributed by atoms with Crippen molar-refractivity contribution in [3.05, 3.63) is 28.8 Å². The summed E-state index contributed by atoms with van der Waals surface area (Å²) in [6.45, 7) is 7.41. The van der Waals surface area contributed by atoms with Crippen LogP contribution >= 0.6 is 0 Å². The smallest absolute Gasteiger partial charge is 0.344 e. The maximum atomic E-state index is 10.7. The van der Waals surface area contributed by atoms with Crippen LogP contribution in [0.5, 0.6) is 5.75 Å². The summed E-state index contributed by atoms with van der Waals surface area (Å²) in [5.41, 5.74) is 3.18. The Morgan fingerprint density at radius 1 is 1.33 bits per heavy atom. The molecule has 82 valence electrons. The summed E-state index contributed by atoms with van der Waals surface area (Å²) in [5, 5.41) is 8.75. The van der Waals surface area contributed by atoms with E-state index in [2.05, 4.69) is 0 Å². The van der Waals surface area contributed by atoms with Crippen molar-refractivity contribution in [2.75, 3.05) is 0 Å². The van der Waals surface area contributed by atoms with Crippen molar-refractivity contribution in [1.29, 1.82) is 0 Å². The van der Waals surface area contributed by atoms with Gasteiger partial charge in [-0.15, -0.1) is 0 Å². The van der Waals surface area contributed by atoms with E-state index in [1.54, 1.807) is 0 Å². The van der Waals surface area contributed by atoms with E-state index in [9.17, 15) is 4.79 Å². The first-order valence-corrected chi connectivity index (χ1v) is 4.89. The van der Waals surface area contributed by atoms with Crippen molar-refractivity contribution < 1.29 is 14.6 Å². The molecule has 0 spiro atoms. The second kappa shape index (κ2) is 4.34. The standard InChI is InChI=1S/C12H16O3/c1-7-5-8(2)9(3)11(6-7)15-10(4)12(13)14/h5-6,10H,1-4H3,(H,13,14)/t10-/m0/s1. The van der Waals surface area contributed by atoms with Gasteiger partial charge in [0.1, 0.15) is 5.75 Å². The maximum absolute atomic E-state index is 10.7. The Kier molecular flexibility index (Phi) is 3.35. The van der Waals surface area contributed by atoms with Gasteiger partial charge in [0.05, 0.1) is 0 Å². The minimum atomic E-state index is -0.950. The number of carboxylic acid groups (broad SMARTS) is 1. The zero-order valence-electron chi connectivity index (χ0n) is 9.50.